The van der Waals surface area contributed by atoms with Gasteiger partial charge < -0.3 is 24.3 Å². The van der Waals surface area contributed by atoms with Crippen LogP contribution in [0.4, 0.5) is 14.5 Å². The topological polar surface area (TPSA) is 90.4 Å². The molecule has 2 N–H and O–H groups in total. The Bertz CT molecular complexity index is 1230. The van der Waals surface area contributed by atoms with Gasteiger partial charge in [0.1, 0.15) is 17.4 Å². The van der Waals surface area contributed by atoms with Crippen molar-refractivity contribution < 1.29 is 32.5 Å². The van der Waals surface area contributed by atoms with E-state index in [4.69, 9.17) is 31.2 Å². The fourth-order valence-corrected chi connectivity index (χ4v) is 3.06. The highest BCUT2D eigenvalue weighted by Crippen LogP contribution is 2.38. The molecule has 11 heteroatoms. The summed E-state index contributed by atoms with van der Waals surface area (Å²) < 4.78 is 47.8. The minimum atomic E-state index is -0.783. The largest absolute Gasteiger partial charge is 0.493 e. The highest BCUT2D eigenvalue weighted by Gasteiger charge is 2.18. The molecule has 0 aliphatic rings. The summed E-state index contributed by atoms with van der Waals surface area (Å²) >= 11 is 5.03. The van der Waals surface area contributed by atoms with Gasteiger partial charge in [-0.15, -0.1) is 0 Å². The van der Waals surface area contributed by atoms with Gasteiger partial charge in [0.2, 0.25) is 5.75 Å². The predicted octanol–water partition coefficient (Wildman–Crippen LogP) is 4.53. The zero-order valence-electron chi connectivity index (χ0n) is 18.9. The Morgan fingerprint density at radius 3 is 2.17 bits per heavy atom. The third-order valence-corrected chi connectivity index (χ3v) is 4.74. The van der Waals surface area contributed by atoms with E-state index in [0.717, 1.165) is 12.1 Å². The average Bonchev–Trinajstić information content (AvgIpc) is 2.85. The number of thiocarbonyl (C=S) groups is 1. The number of methoxy groups -OCH3 is 3. The third kappa shape index (κ3) is 6.64. The first-order chi connectivity index (χ1) is 16.8. The zero-order chi connectivity index (χ0) is 25.4. The van der Waals surface area contributed by atoms with Crippen LogP contribution in [0.1, 0.15) is 15.9 Å². The van der Waals surface area contributed by atoms with Crippen molar-refractivity contribution in [2.24, 2.45) is 5.10 Å². The summed E-state index contributed by atoms with van der Waals surface area (Å²) in [6.07, 6.45) is 1.46. The highest BCUT2D eigenvalue weighted by atomic mass is 32.1. The SMILES string of the molecule is COc1cc(C(=O)Oc2ccc(C=NNC(=S)Nc3ccc(F)cc3F)cc2)cc(OC)c1OC. The van der Waals surface area contributed by atoms with Crippen molar-refractivity contribution >= 4 is 35.2 Å². The van der Waals surface area contributed by atoms with Crippen molar-refractivity contribution in [3.05, 3.63) is 77.4 Å². The third-order valence-electron chi connectivity index (χ3n) is 4.55. The number of nitrogens with one attached hydrogen (secondary N) is 2. The predicted molar refractivity (Wildman–Crippen MR) is 131 cm³/mol. The van der Waals surface area contributed by atoms with E-state index in [1.165, 1.54) is 45.7 Å². The number of hydrogen-bond donors (Lipinski definition) is 2. The molecule has 0 unspecified atom stereocenters. The first-order valence-corrected chi connectivity index (χ1v) is 10.4. The first-order valence-electron chi connectivity index (χ1n) is 10.0. The van der Waals surface area contributed by atoms with E-state index in [0.29, 0.717) is 28.6 Å². The lowest BCUT2D eigenvalue weighted by atomic mass is 10.2. The molecule has 0 aliphatic carbocycles. The van der Waals surface area contributed by atoms with Gasteiger partial charge in [0, 0.05) is 6.07 Å². The Hall–Kier alpha value is -4.25. The number of hydrogen-bond acceptors (Lipinski definition) is 7. The van der Waals surface area contributed by atoms with Gasteiger partial charge in [0.05, 0.1) is 38.8 Å². The first kappa shape index (κ1) is 25.4. The van der Waals surface area contributed by atoms with Crippen LogP contribution in [0.2, 0.25) is 0 Å². The number of esters is 1. The molecule has 8 nitrogen and oxygen atoms in total. The second-order valence-corrected chi connectivity index (χ2v) is 7.23. The molecule has 0 bridgehead atoms. The van der Waals surface area contributed by atoms with Gasteiger partial charge in [-0.25, -0.2) is 13.6 Å². The van der Waals surface area contributed by atoms with E-state index in [2.05, 4.69) is 15.8 Å². The van der Waals surface area contributed by atoms with E-state index >= 15 is 0 Å². The van der Waals surface area contributed by atoms with Gasteiger partial charge in [0.25, 0.3) is 0 Å². The van der Waals surface area contributed by atoms with Crippen LogP contribution < -0.4 is 29.7 Å². The molecule has 182 valence electrons. The Kier molecular flexibility index (Phi) is 8.52. The van der Waals surface area contributed by atoms with Gasteiger partial charge in [0.15, 0.2) is 16.6 Å². The Morgan fingerprint density at radius 2 is 1.60 bits per heavy atom. The van der Waals surface area contributed by atoms with Gasteiger partial charge in [-0.2, -0.15) is 5.10 Å². The van der Waals surface area contributed by atoms with Crippen LogP contribution in [0.15, 0.2) is 59.7 Å². The molecule has 0 radical (unpaired) electrons. The zero-order valence-corrected chi connectivity index (χ0v) is 19.7. The number of halogens is 2. The number of benzene rings is 3. The summed E-state index contributed by atoms with van der Waals surface area (Å²) in [4.78, 5) is 12.6. The fourth-order valence-electron chi connectivity index (χ4n) is 2.89. The van der Waals surface area contributed by atoms with Crippen LogP contribution in [0, 0.1) is 11.6 Å². The molecule has 0 amide bonds. The van der Waals surface area contributed by atoms with Gasteiger partial charge >= 0.3 is 5.97 Å². The summed E-state index contributed by atoms with van der Waals surface area (Å²) in [6.45, 7) is 0. The van der Waals surface area contributed by atoms with Crippen LogP contribution in [0.3, 0.4) is 0 Å². The van der Waals surface area contributed by atoms with Gasteiger partial charge in [-0.3, -0.25) is 5.43 Å². The van der Waals surface area contributed by atoms with E-state index in [1.807, 2.05) is 0 Å². The summed E-state index contributed by atoms with van der Waals surface area (Å²) in [5, 5.41) is 6.55. The molecule has 0 saturated heterocycles. The molecular weight excluding hydrogens is 480 g/mol. The van der Waals surface area contributed by atoms with E-state index < -0.39 is 17.6 Å². The fraction of sp³-hybridized carbons (Fsp3) is 0.125. The van der Waals surface area contributed by atoms with Crippen LogP contribution in [0.25, 0.3) is 0 Å². The number of rotatable bonds is 8. The van der Waals surface area contributed by atoms with E-state index in [1.54, 1.807) is 24.3 Å². The number of ether oxygens (including phenoxy) is 4. The quantitative estimate of drug-likeness (QED) is 0.153. The molecule has 3 aromatic rings. The van der Waals surface area contributed by atoms with Crippen LogP contribution in [-0.4, -0.2) is 38.6 Å². The summed E-state index contributed by atoms with van der Waals surface area (Å²) in [7, 11) is 4.37. The molecule has 0 fully saturated rings. The monoisotopic (exact) mass is 501 g/mol. The van der Waals surface area contributed by atoms with Crippen molar-refractivity contribution in [3.63, 3.8) is 0 Å². The number of anilines is 1. The highest BCUT2D eigenvalue weighted by molar-refractivity contribution is 7.80. The second-order valence-electron chi connectivity index (χ2n) is 6.82. The average molecular weight is 502 g/mol. The van der Waals surface area contributed by atoms with Crippen molar-refractivity contribution in [1.82, 2.24) is 5.43 Å². The van der Waals surface area contributed by atoms with Gasteiger partial charge in [-0.1, -0.05) is 0 Å². The van der Waals surface area contributed by atoms with E-state index in [9.17, 15) is 13.6 Å². The lowest BCUT2D eigenvalue weighted by molar-refractivity contribution is 0.0734. The summed E-state index contributed by atoms with van der Waals surface area (Å²) in [5.41, 5.74) is 3.43. The molecular formula is C24H21F2N3O5S. The number of nitrogens with zero attached hydrogens (tertiary/aromatic N) is 1. The minimum absolute atomic E-state index is 0.0115. The molecule has 0 aromatic heterocycles. The molecule has 3 aromatic carbocycles. The van der Waals surface area contributed by atoms with Gasteiger partial charge in [-0.05, 0) is 66.3 Å². The van der Waals surface area contributed by atoms with Crippen molar-refractivity contribution in [3.8, 4) is 23.0 Å². The number of carbonyl (C=O) groups excluding carboxylic acids is 1. The molecule has 0 spiro atoms. The van der Waals surface area contributed by atoms with Crippen LogP contribution in [0.5, 0.6) is 23.0 Å². The van der Waals surface area contributed by atoms with Crippen molar-refractivity contribution in [1.29, 1.82) is 0 Å². The van der Waals surface area contributed by atoms with Crippen LogP contribution in [-0.2, 0) is 0 Å². The Labute approximate surface area is 205 Å². The van der Waals surface area contributed by atoms with Crippen molar-refractivity contribution in [2.45, 2.75) is 0 Å². The molecule has 0 heterocycles. The smallest absolute Gasteiger partial charge is 0.343 e. The maximum Gasteiger partial charge on any atom is 0.343 e. The standard InChI is InChI=1S/C24H21F2N3O5S/c1-31-20-10-15(11-21(32-2)22(20)33-3)23(30)34-17-7-4-14(5-8-17)13-27-29-24(35)28-19-9-6-16(25)12-18(19)26/h4-13H,1-3H3,(H2,28,29,35). The lowest BCUT2D eigenvalue weighted by Crippen LogP contribution is -2.24. The maximum absolute atomic E-state index is 13.7. The van der Waals surface area contributed by atoms with Crippen LogP contribution >= 0.6 is 12.2 Å². The lowest BCUT2D eigenvalue weighted by Gasteiger charge is -2.13. The molecule has 3 rings (SSSR count). The number of hydrazone groups is 1. The Balaban J connectivity index is 1.59. The maximum atomic E-state index is 13.7. The Morgan fingerprint density at radius 1 is 0.943 bits per heavy atom. The summed E-state index contributed by atoms with van der Waals surface area (Å²) in [6, 6.07) is 12.6. The molecule has 0 atom stereocenters. The minimum Gasteiger partial charge on any atom is -0.493 e. The normalized spacial score (nSPS) is 10.5. The second kappa shape index (κ2) is 11.7. The van der Waals surface area contributed by atoms with E-state index in [-0.39, 0.29) is 16.4 Å². The molecule has 35 heavy (non-hydrogen) atoms. The molecule has 0 saturated carbocycles. The number of carbonyl (C=O) groups is 1. The summed E-state index contributed by atoms with van der Waals surface area (Å²) in [5.74, 6) is -0.770. The van der Waals surface area contributed by atoms with Crippen molar-refractivity contribution in [2.75, 3.05) is 26.6 Å². The molecule has 0 aliphatic heterocycles.